The van der Waals surface area contributed by atoms with Crippen LogP contribution in [-0.4, -0.2) is 48.8 Å². The molecule has 4 aromatic heterocycles. The molecule has 4 aromatic rings. The highest BCUT2D eigenvalue weighted by Crippen LogP contribution is 2.28. The number of rotatable bonds is 4. The maximum atomic E-state index is 5.30. The van der Waals surface area contributed by atoms with Gasteiger partial charge in [-0.15, -0.1) is 0 Å². The van der Waals surface area contributed by atoms with E-state index in [1.807, 2.05) is 30.7 Å². The standard InChI is InChI=1S/C17H17N7O/c1-25-11-6-10(7-11)21-17-19-9-13-12(8-18-16(13)23-17)14-3-5-24-15(22-14)2-4-20-24/h2-5,8-11H,6-7H2,1H3,(H2,18,19,21,23)/t10-,11+. The predicted octanol–water partition coefficient (Wildman–Crippen LogP) is 2.26. The van der Waals surface area contributed by atoms with E-state index in [2.05, 4.69) is 30.4 Å². The summed E-state index contributed by atoms with van der Waals surface area (Å²) in [6.07, 6.45) is 9.72. The molecule has 1 saturated carbocycles. The van der Waals surface area contributed by atoms with Crippen LogP contribution in [0.4, 0.5) is 5.95 Å². The van der Waals surface area contributed by atoms with E-state index >= 15 is 0 Å². The van der Waals surface area contributed by atoms with Crippen molar-refractivity contribution in [1.29, 1.82) is 0 Å². The van der Waals surface area contributed by atoms with Gasteiger partial charge in [0.2, 0.25) is 5.95 Å². The average molecular weight is 335 g/mol. The fourth-order valence-electron chi connectivity index (χ4n) is 3.21. The van der Waals surface area contributed by atoms with Gasteiger partial charge in [-0.2, -0.15) is 10.1 Å². The van der Waals surface area contributed by atoms with E-state index in [1.54, 1.807) is 17.8 Å². The summed E-state index contributed by atoms with van der Waals surface area (Å²) >= 11 is 0. The van der Waals surface area contributed by atoms with Gasteiger partial charge in [-0.3, -0.25) is 0 Å². The molecule has 0 atom stereocenters. The Morgan fingerprint density at radius 3 is 3.08 bits per heavy atom. The SMILES string of the molecule is CO[C@H]1C[C@@H](Nc2ncc3c(-c4ccn5nccc5n4)c[nH]c3n2)C1. The maximum absolute atomic E-state index is 5.30. The highest BCUT2D eigenvalue weighted by molar-refractivity contribution is 5.92. The van der Waals surface area contributed by atoms with Crippen LogP contribution in [0.2, 0.25) is 0 Å². The summed E-state index contributed by atoms with van der Waals surface area (Å²) in [4.78, 5) is 16.9. The smallest absolute Gasteiger partial charge is 0.224 e. The zero-order chi connectivity index (χ0) is 16.8. The van der Waals surface area contributed by atoms with E-state index in [-0.39, 0.29) is 0 Å². The molecule has 0 aromatic carbocycles. The Kier molecular flexibility index (Phi) is 3.17. The monoisotopic (exact) mass is 335 g/mol. The molecule has 1 aliphatic rings. The molecule has 1 aliphatic carbocycles. The van der Waals surface area contributed by atoms with Crippen LogP contribution in [0.1, 0.15) is 12.8 Å². The Balaban J connectivity index is 1.45. The van der Waals surface area contributed by atoms with Gasteiger partial charge in [-0.1, -0.05) is 0 Å². The van der Waals surface area contributed by atoms with Gasteiger partial charge in [0, 0.05) is 48.8 Å². The quantitative estimate of drug-likeness (QED) is 0.594. The molecular formula is C17H17N7O. The highest BCUT2D eigenvalue weighted by atomic mass is 16.5. The zero-order valence-corrected chi connectivity index (χ0v) is 13.7. The van der Waals surface area contributed by atoms with Gasteiger partial charge in [-0.05, 0) is 18.9 Å². The summed E-state index contributed by atoms with van der Waals surface area (Å²) in [6, 6.07) is 4.19. The number of nitrogens with zero attached hydrogens (tertiary/aromatic N) is 5. The number of nitrogens with one attached hydrogen (secondary N) is 2. The van der Waals surface area contributed by atoms with Crippen LogP contribution in [0.3, 0.4) is 0 Å². The Morgan fingerprint density at radius 2 is 2.20 bits per heavy atom. The van der Waals surface area contributed by atoms with Crippen molar-refractivity contribution in [3.63, 3.8) is 0 Å². The number of hydrogen-bond acceptors (Lipinski definition) is 6. The van der Waals surface area contributed by atoms with Crippen LogP contribution in [0.25, 0.3) is 27.9 Å². The predicted molar refractivity (Wildman–Crippen MR) is 93.3 cm³/mol. The number of aromatic amines is 1. The van der Waals surface area contributed by atoms with Crippen LogP contribution >= 0.6 is 0 Å². The number of methoxy groups -OCH3 is 1. The van der Waals surface area contributed by atoms with Crippen LogP contribution in [0.15, 0.2) is 36.9 Å². The van der Waals surface area contributed by atoms with E-state index in [4.69, 9.17) is 4.74 Å². The lowest BCUT2D eigenvalue weighted by molar-refractivity contribution is 0.0327. The number of anilines is 1. The molecule has 5 rings (SSSR count). The first-order valence-corrected chi connectivity index (χ1v) is 8.24. The van der Waals surface area contributed by atoms with Crippen molar-refractivity contribution in [2.24, 2.45) is 0 Å². The number of fused-ring (bicyclic) bond motifs is 2. The van der Waals surface area contributed by atoms with Crippen LogP contribution in [-0.2, 0) is 4.74 Å². The van der Waals surface area contributed by atoms with Gasteiger partial charge in [0.25, 0.3) is 0 Å². The first-order chi connectivity index (χ1) is 12.3. The first-order valence-electron chi connectivity index (χ1n) is 8.24. The number of aromatic nitrogens is 6. The molecule has 2 N–H and O–H groups in total. The molecule has 0 spiro atoms. The van der Waals surface area contributed by atoms with Crippen molar-refractivity contribution in [1.82, 2.24) is 29.5 Å². The van der Waals surface area contributed by atoms with Gasteiger partial charge in [0.1, 0.15) is 5.65 Å². The van der Waals surface area contributed by atoms with Gasteiger partial charge in [0.15, 0.2) is 5.65 Å². The third-order valence-corrected chi connectivity index (χ3v) is 4.73. The molecule has 0 bridgehead atoms. The largest absolute Gasteiger partial charge is 0.381 e. The molecule has 126 valence electrons. The van der Waals surface area contributed by atoms with Crippen molar-refractivity contribution in [2.45, 2.75) is 25.0 Å². The minimum atomic E-state index is 0.350. The Morgan fingerprint density at radius 1 is 1.28 bits per heavy atom. The summed E-state index contributed by atoms with van der Waals surface area (Å²) in [6.45, 7) is 0. The molecule has 0 saturated heterocycles. The summed E-state index contributed by atoms with van der Waals surface area (Å²) < 4.78 is 7.04. The molecule has 0 aliphatic heterocycles. The number of ether oxygens (including phenoxy) is 1. The second kappa shape index (κ2) is 5.52. The van der Waals surface area contributed by atoms with Crippen molar-refractivity contribution in [2.75, 3.05) is 12.4 Å². The fourth-order valence-corrected chi connectivity index (χ4v) is 3.21. The van der Waals surface area contributed by atoms with Crippen molar-refractivity contribution in [3.05, 3.63) is 36.9 Å². The fraction of sp³-hybridized carbons (Fsp3) is 0.294. The lowest BCUT2D eigenvalue weighted by atomic mass is 9.89. The summed E-state index contributed by atoms with van der Waals surface area (Å²) in [5.74, 6) is 0.639. The summed E-state index contributed by atoms with van der Waals surface area (Å²) in [5.41, 5.74) is 3.45. The molecule has 8 nitrogen and oxygen atoms in total. The van der Waals surface area contributed by atoms with Gasteiger partial charge in [0.05, 0.1) is 18.0 Å². The Bertz CT molecular complexity index is 1050. The molecule has 4 heterocycles. The molecule has 1 fully saturated rings. The van der Waals surface area contributed by atoms with E-state index in [1.165, 1.54) is 0 Å². The van der Waals surface area contributed by atoms with E-state index < -0.39 is 0 Å². The van der Waals surface area contributed by atoms with Crippen LogP contribution in [0.5, 0.6) is 0 Å². The third kappa shape index (κ3) is 2.42. The molecule has 8 heteroatoms. The Labute approximate surface area is 143 Å². The lowest BCUT2D eigenvalue weighted by Crippen LogP contribution is -2.40. The van der Waals surface area contributed by atoms with Gasteiger partial charge in [-0.25, -0.2) is 14.5 Å². The first kappa shape index (κ1) is 14.4. The van der Waals surface area contributed by atoms with Crippen molar-refractivity contribution in [3.8, 4) is 11.3 Å². The minimum absolute atomic E-state index is 0.350. The summed E-state index contributed by atoms with van der Waals surface area (Å²) in [7, 11) is 1.75. The topological polar surface area (TPSA) is 93.0 Å². The van der Waals surface area contributed by atoms with E-state index in [0.717, 1.165) is 40.8 Å². The molecule has 0 amide bonds. The second-order valence-electron chi connectivity index (χ2n) is 6.28. The second-order valence-corrected chi connectivity index (χ2v) is 6.28. The summed E-state index contributed by atoms with van der Waals surface area (Å²) in [5, 5.41) is 8.48. The molecule has 0 radical (unpaired) electrons. The van der Waals surface area contributed by atoms with Crippen LogP contribution < -0.4 is 5.32 Å². The molecule has 0 unspecified atom stereocenters. The van der Waals surface area contributed by atoms with E-state index in [9.17, 15) is 0 Å². The maximum Gasteiger partial charge on any atom is 0.224 e. The van der Waals surface area contributed by atoms with Crippen LogP contribution in [0, 0.1) is 0 Å². The van der Waals surface area contributed by atoms with Crippen molar-refractivity contribution < 1.29 is 4.74 Å². The van der Waals surface area contributed by atoms with Gasteiger partial charge >= 0.3 is 0 Å². The molecule has 25 heavy (non-hydrogen) atoms. The normalized spacial score (nSPS) is 20.0. The zero-order valence-electron chi connectivity index (χ0n) is 13.7. The highest BCUT2D eigenvalue weighted by Gasteiger charge is 2.29. The minimum Gasteiger partial charge on any atom is -0.381 e. The average Bonchev–Trinajstić information content (AvgIpc) is 3.23. The third-order valence-electron chi connectivity index (χ3n) is 4.73. The van der Waals surface area contributed by atoms with Gasteiger partial charge < -0.3 is 15.0 Å². The number of hydrogen-bond donors (Lipinski definition) is 2. The Hall–Kier alpha value is -3.00. The number of H-pyrrole nitrogens is 1. The lowest BCUT2D eigenvalue weighted by Gasteiger charge is -2.34. The van der Waals surface area contributed by atoms with E-state index in [0.29, 0.717) is 18.1 Å². The van der Waals surface area contributed by atoms with Crippen molar-refractivity contribution >= 4 is 22.6 Å². The molecular weight excluding hydrogens is 318 g/mol.